The normalized spacial score (nSPS) is 10.8. The summed E-state index contributed by atoms with van der Waals surface area (Å²) in [4.78, 5) is 32.6. The summed E-state index contributed by atoms with van der Waals surface area (Å²) in [5, 5.41) is 3.79. The first kappa shape index (κ1) is 20.3. The molecule has 4 N–H and O–H groups in total. The van der Waals surface area contributed by atoms with E-state index in [4.69, 9.17) is 10.5 Å². The van der Waals surface area contributed by atoms with Crippen molar-refractivity contribution < 1.29 is 14.3 Å². The number of amides is 1. The van der Waals surface area contributed by atoms with Crippen LogP contribution in [0.25, 0.3) is 22.2 Å². The number of esters is 1. The van der Waals surface area contributed by atoms with Crippen molar-refractivity contribution in [1.82, 2.24) is 9.97 Å². The van der Waals surface area contributed by atoms with E-state index in [1.165, 1.54) is 7.11 Å². The number of nitrogens with two attached hydrogens (primary N) is 1. The number of fused-ring (bicyclic) bond motifs is 1. The number of benzene rings is 2. The van der Waals surface area contributed by atoms with Gasteiger partial charge in [0.25, 0.3) is 5.91 Å². The minimum absolute atomic E-state index is 0.0627. The minimum Gasteiger partial charge on any atom is -0.469 e. The van der Waals surface area contributed by atoms with Gasteiger partial charge < -0.3 is 20.8 Å². The number of aromatic amines is 1. The Kier molecular flexibility index (Phi) is 5.77. The number of rotatable bonds is 6. The van der Waals surface area contributed by atoms with Crippen molar-refractivity contribution in [3.05, 3.63) is 83.7 Å². The third-order valence-electron chi connectivity index (χ3n) is 5.04. The first-order valence-electron chi connectivity index (χ1n) is 9.82. The van der Waals surface area contributed by atoms with Gasteiger partial charge in [-0.15, -0.1) is 0 Å². The smallest absolute Gasteiger partial charge is 0.310 e. The van der Waals surface area contributed by atoms with E-state index in [2.05, 4.69) is 15.3 Å². The standard InChI is InChI=1S/C24H22N4O3/c1-31-22(29)12-16-6-2-3-8-19(16)28-24(30)21-13-20-18(9-10-26-20)23(27-21)17-7-4-5-15(11-17)14-25/h2-11,13,26H,12,14,25H2,1H3,(H,28,30). The van der Waals surface area contributed by atoms with E-state index in [1.807, 2.05) is 36.5 Å². The topological polar surface area (TPSA) is 110 Å². The van der Waals surface area contributed by atoms with Crippen LogP contribution in [0.5, 0.6) is 0 Å². The third-order valence-corrected chi connectivity index (χ3v) is 5.04. The summed E-state index contributed by atoms with van der Waals surface area (Å²) in [5.74, 6) is -0.750. The zero-order valence-electron chi connectivity index (χ0n) is 17.0. The van der Waals surface area contributed by atoms with Gasteiger partial charge in [0.2, 0.25) is 0 Å². The summed E-state index contributed by atoms with van der Waals surface area (Å²) >= 11 is 0. The van der Waals surface area contributed by atoms with Crippen LogP contribution in [-0.4, -0.2) is 29.0 Å². The SMILES string of the molecule is COC(=O)Cc1ccccc1NC(=O)c1cc2[nH]ccc2c(-c2cccc(CN)c2)n1. The van der Waals surface area contributed by atoms with Gasteiger partial charge in [0.05, 0.1) is 19.2 Å². The molecule has 1 amide bonds. The van der Waals surface area contributed by atoms with Crippen LogP contribution in [0.2, 0.25) is 0 Å². The van der Waals surface area contributed by atoms with Gasteiger partial charge >= 0.3 is 5.97 Å². The van der Waals surface area contributed by atoms with Crippen LogP contribution in [0.4, 0.5) is 5.69 Å². The summed E-state index contributed by atoms with van der Waals surface area (Å²) in [6.45, 7) is 0.418. The Morgan fingerprint density at radius 2 is 1.94 bits per heavy atom. The average molecular weight is 414 g/mol. The number of methoxy groups -OCH3 is 1. The van der Waals surface area contributed by atoms with Crippen LogP contribution in [-0.2, 0) is 22.5 Å². The average Bonchev–Trinajstić information content (AvgIpc) is 3.28. The van der Waals surface area contributed by atoms with Crippen LogP contribution in [0.15, 0.2) is 66.9 Å². The molecule has 4 aromatic rings. The number of nitrogens with one attached hydrogen (secondary N) is 2. The number of carbonyl (C=O) groups is 2. The zero-order chi connectivity index (χ0) is 21.8. The zero-order valence-corrected chi connectivity index (χ0v) is 17.0. The molecule has 0 aliphatic carbocycles. The second-order valence-electron chi connectivity index (χ2n) is 7.06. The van der Waals surface area contributed by atoms with E-state index in [0.717, 1.165) is 22.0 Å². The molecule has 0 bridgehead atoms. The maximum atomic E-state index is 13.1. The Labute approximate surface area is 179 Å². The van der Waals surface area contributed by atoms with Gasteiger partial charge in [-0.1, -0.05) is 36.4 Å². The second kappa shape index (κ2) is 8.81. The highest BCUT2D eigenvalue weighted by atomic mass is 16.5. The summed E-state index contributed by atoms with van der Waals surface area (Å²) in [5.41, 5.74) is 10.6. The summed E-state index contributed by atoms with van der Waals surface area (Å²) in [7, 11) is 1.33. The fourth-order valence-corrected chi connectivity index (χ4v) is 3.45. The number of pyridine rings is 1. The summed E-state index contributed by atoms with van der Waals surface area (Å²) in [6.07, 6.45) is 1.88. The maximum Gasteiger partial charge on any atom is 0.310 e. The molecule has 0 aliphatic rings. The van der Waals surface area contributed by atoms with Crippen molar-refractivity contribution in [1.29, 1.82) is 0 Å². The van der Waals surface area contributed by atoms with E-state index in [-0.39, 0.29) is 24.0 Å². The monoisotopic (exact) mass is 414 g/mol. The number of para-hydroxylation sites is 1. The van der Waals surface area contributed by atoms with Crippen LogP contribution in [0, 0.1) is 0 Å². The van der Waals surface area contributed by atoms with Crippen molar-refractivity contribution >= 4 is 28.5 Å². The lowest BCUT2D eigenvalue weighted by atomic mass is 10.0. The van der Waals surface area contributed by atoms with Crippen molar-refractivity contribution in [2.24, 2.45) is 5.73 Å². The van der Waals surface area contributed by atoms with Gasteiger partial charge in [-0.2, -0.15) is 0 Å². The van der Waals surface area contributed by atoms with Gasteiger partial charge in [-0.3, -0.25) is 9.59 Å². The van der Waals surface area contributed by atoms with E-state index in [0.29, 0.717) is 23.5 Å². The number of aromatic nitrogens is 2. The van der Waals surface area contributed by atoms with Gasteiger partial charge in [-0.25, -0.2) is 4.98 Å². The molecule has 31 heavy (non-hydrogen) atoms. The summed E-state index contributed by atoms with van der Waals surface area (Å²) < 4.78 is 4.74. The first-order valence-corrected chi connectivity index (χ1v) is 9.82. The Balaban J connectivity index is 1.71. The maximum absolute atomic E-state index is 13.1. The number of anilines is 1. The molecule has 0 fully saturated rings. The van der Waals surface area contributed by atoms with Crippen molar-refractivity contribution in [2.75, 3.05) is 12.4 Å². The van der Waals surface area contributed by atoms with Crippen LogP contribution in [0.1, 0.15) is 21.6 Å². The Morgan fingerprint density at radius 1 is 1.10 bits per heavy atom. The molecular weight excluding hydrogens is 392 g/mol. The van der Waals surface area contributed by atoms with Gasteiger partial charge in [0.1, 0.15) is 5.69 Å². The number of hydrogen-bond donors (Lipinski definition) is 3. The molecule has 2 heterocycles. The van der Waals surface area contributed by atoms with Crippen LogP contribution >= 0.6 is 0 Å². The molecule has 156 valence electrons. The number of carbonyl (C=O) groups excluding carboxylic acids is 2. The molecule has 7 nitrogen and oxygen atoms in total. The molecule has 2 aromatic carbocycles. The molecule has 0 aliphatic heterocycles. The Hall–Kier alpha value is -3.97. The van der Waals surface area contributed by atoms with E-state index >= 15 is 0 Å². The predicted octanol–water partition coefficient (Wildman–Crippen LogP) is 3.66. The largest absolute Gasteiger partial charge is 0.469 e. The highest BCUT2D eigenvalue weighted by Gasteiger charge is 2.16. The number of H-pyrrole nitrogens is 1. The van der Waals surface area contributed by atoms with Crippen LogP contribution < -0.4 is 11.1 Å². The third kappa shape index (κ3) is 4.31. The Morgan fingerprint density at radius 3 is 2.74 bits per heavy atom. The van der Waals surface area contributed by atoms with Crippen molar-refractivity contribution in [3.63, 3.8) is 0 Å². The molecule has 0 atom stereocenters. The summed E-state index contributed by atoms with van der Waals surface area (Å²) in [6, 6.07) is 18.6. The highest BCUT2D eigenvalue weighted by Crippen LogP contribution is 2.28. The van der Waals surface area contributed by atoms with Crippen LogP contribution in [0.3, 0.4) is 0 Å². The minimum atomic E-state index is -0.380. The second-order valence-corrected chi connectivity index (χ2v) is 7.06. The molecule has 7 heteroatoms. The van der Waals surface area contributed by atoms with E-state index in [1.54, 1.807) is 30.3 Å². The molecular formula is C24H22N4O3. The van der Waals surface area contributed by atoms with Crippen molar-refractivity contribution in [3.8, 4) is 11.3 Å². The predicted molar refractivity (Wildman–Crippen MR) is 120 cm³/mol. The molecule has 0 spiro atoms. The van der Waals surface area contributed by atoms with Gasteiger partial charge in [0.15, 0.2) is 0 Å². The molecule has 0 radical (unpaired) electrons. The number of hydrogen-bond acceptors (Lipinski definition) is 5. The lowest BCUT2D eigenvalue weighted by Gasteiger charge is -2.12. The highest BCUT2D eigenvalue weighted by molar-refractivity contribution is 6.07. The number of nitrogens with zero attached hydrogens (tertiary/aromatic N) is 1. The molecule has 0 saturated heterocycles. The van der Waals surface area contributed by atoms with E-state index in [9.17, 15) is 9.59 Å². The molecule has 0 unspecified atom stereocenters. The fraction of sp³-hybridized carbons (Fsp3) is 0.125. The lowest BCUT2D eigenvalue weighted by molar-refractivity contribution is -0.139. The first-order chi connectivity index (χ1) is 15.1. The van der Waals surface area contributed by atoms with Gasteiger partial charge in [0, 0.05) is 34.9 Å². The fourth-order valence-electron chi connectivity index (χ4n) is 3.45. The lowest BCUT2D eigenvalue weighted by Crippen LogP contribution is -2.16. The van der Waals surface area contributed by atoms with E-state index < -0.39 is 0 Å². The molecule has 2 aromatic heterocycles. The van der Waals surface area contributed by atoms with Crippen molar-refractivity contribution in [2.45, 2.75) is 13.0 Å². The van der Waals surface area contributed by atoms with Gasteiger partial charge in [-0.05, 0) is 35.4 Å². The number of ether oxygens (including phenoxy) is 1. The molecule has 4 rings (SSSR count). The quantitative estimate of drug-likeness (QED) is 0.417. The Bertz CT molecular complexity index is 1260. The molecule has 0 saturated carbocycles.